The van der Waals surface area contributed by atoms with Crippen LogP contribution < -0.4 is 5.73 Å². The molecule has 0 saturated heterocycles. The number of anilines is 1. The lowest BCUT2D eigenvalue weighted by molar-refractivity contribution is 0.432. The molecule has 0 radical (unpaired) electrons. The molecule has 0 saturated carbocycles. The van der Waals surface area contributed by atoms with Crippen LogP contribution in [0, 0.1) is 6.92 Å². The summed E-state index contributed by atoms with van der Waals surface area (Å²) in [5.41, 5.74) is 9.32. The van der Waals surface area contributed by atoms with E-state index in [1.165, 1.54) is 0 Å². The standard InChI is InChI=1S/C15H11Br2N3O/c1-8-2-3-9(6-11(8)16)14-19-15(21-20-14)10-4-5-13(18)12(17)7-10/h2-7H,18H2,1H3. The lowest BCUT2D eigenvalue weighted by Gasteiger charge is -2.00. The average Bonchev–Trinajstić information content (AvgIpc) is 2.94. The fourth-order valence-corrected chi connectivity index (χ4v) is 2.61. The molecule has 3 rings (SSSR count). The summed E-state index contributed by atoms with van der Waals surface area (Å²) in [5.74, 6) is 1.01. The Morgan fingerprint density at radius 1 is 1.00 bits per heavy atom. The maximum absolute atomic E-state index is 5.78. The van der Waals surface area contributed by atoms with Crippen molar-refractivity contribution >= 4 is 37.5 Å². The monoisotopic (exact) mass is 407 g/mol. The summed E-state index contributed by atoms with van der Waals surface area (Å²) in [6.45, 7) is 2.03. The first kappa shape index (κ1) is 14.3. The van der Waals surface area contributed by atoms with Crippen LogP contribution in [0.3, 0.4) is 0 Å². The van der Waals surface area contributed by atoms with Gasteiger partial charge in [0.25, 0.3) is 5.89 Å². The number of aryl methyl sites for hydroxylation is 1. The summed E-state index contributed by atoms with van der Waals surface area (Å²) in [4.78, 5) is 4.43. The van der Waals surface area contributed by atoms with E-state index in [0.29, 0.717) is 17.4 Å². The largest absolute Gasteiger partial charge is 0.398 e. The van der Waals surface area contributed by atoms with Gasteiger partial charge in [0.2, 0.25) is 5.82 Å². The highest BCUT2D eigenvalue weighted by Gasteiger charge is 2.12. The Balaban J connectivity index is 1.99. The van der Waals surface area contributed by atoms with Gasteiger partial charge in [-0.3, -0.25) is 0 Å². The summed E-state index contributed by atoms with van der Waals surface area (Å²) >= 11 is 6.90. The van der Waals surface area contributed by atoms with Gasteiger partial charge < -0.3 is 10.3 Å². The van der Waals surface area contributed by atoms with Crippen LogP contribution in [0.5, 0.6) is 0 Å². The van der Waals surface area contributed by atoms with Crippen LogP contribution in [0.15, 0.2) is 49.9 Å². The van der Waals surface area contributed by atoms with Crippen LogP contribution in [0.25, 0.3) is 22.8 Å². The van der Waals surface area contributed by atoms with Gasteiger partial charge in [-0.1, -0.05) is 33.2 Å². The van der Waals surface area contributed by atoms with E-state index < -0.39 is 0 Å². The SMILES string of the molecule is Cc1ccc(-c2noc(-c3ccc(N)c(Br)c3)n2)cc1Br. The molecule has 0 fully saturated rings. The molecule has 1 aromatic heterocycles. The van der Waals surface area contributed by atoms with E-state index >= 15 is 0 Å². The minimum atomic E-state index is 0.461. The lowest BCUT2D eigenvalue weighted by Crippen LogP contribution is -1.87. The van der Waals surface area contributed by atoms with E-state index in [2.05, 4.69) is 42.0 Å². The van der Waals surface area contributed by atoms with E-state index in [4.69, 9.17) is 10.3 Å². The highest BCUT2D eigenvalue weighted by molar-refractivity contribution is 9.10. The van der Waals surface area contributed by atoms with Crippen molar-refractivity contribution in [2.75, 3.05) is 5.73 Å². The van der Waals surface area contributed by atoms with E-state index in [-0.39, 0.29) is 0 Å². The quantitative estimate of drug-likeness (QED) is 0.617. The Labute approximate surface area is 138 Å². The minimum Gasteiger partial charge on any atom is -0.398 e. The van der Waals surface area contributed by atoms with Gasteiger partial charge in [-0.15, -0.1) is 0 Å². The van der Waals surface area contributed by atoms with Crippen LogP contribution in [-0.2, 0) is 0 Å². The number of benzene rings is 2. The molecule has 0 aliphatic carbocycles. The van der Waals surface area contributed by atoms with Gasteiger partial charge in [-0.05, 0) is 52.7 Å². The third kappa shape index (κ3) is 2.87. The zero-order valence-corrected chi connectivity index (χ0v) is 14.3. The topological polar surface area (TPSA) is 64.9 Å². The van der Waals surface area contributed by atoms with Gasteiger partial charge in [-0.2, -0.15) is 4.98 Å². The molecule has 1 heterocycles. The minimum absolute atomic E-state index is 0.461. The van der Waals surface area contributed by atoms with Gasteiger partial charge in [-0.25, -0.2) is 0 Å². The van der Waals surface area contributed by atoms with Crippen molar-refractivity contribution < 1.29 is 4.52 Å². The predicted molar refractivity (Wildman–Crippen MR) is 89.7 cm³/mol. The maximum Gasteiger partial charge on any atom is 0.258 e. The number of halogens is 2. The molecule has 0 spiro atoms. The van der Waals surface area contributed by atoms with Crippen molar-refractivity contribution in [2.24, 2.45) is 0 Å². The summed E-state index contributed by atoms with van der Waals surface area (Å²) < 4.78 is 7.15. The van der Waals surface area contributed by atoms with E-state index in [1.54, 1.807) is 6.07 Å². The molecular weight excluding hydrogens is 398 g/mol. The smallest absolute Gasteiger partial charge is 0.258 e. The molecule has 0 atom stereocenters. The first-order valence-electron chi connectivity index (χ1n) is 6.20. The zero-order chi connectivity index (χ0) is 15.0. The van der Waals surface area contributed by atoms with Crippen molar-refractivity contribution in [1.82, 2.24) is 10.1 Å². The Kier molecular flexibility index (Phi) is 3.82. The Morgan fingerprint density at radius 3 is 2.43 bits per heavy atom. The molecule has 0 amide bonds. The summed E-state index contributed by atoms with van der Waals surface area (Å²) in [7, 11) is 0. The number of rotatable bonds is 2. The van der Waals surface area contributed by atoms with Gasteiger partial charge >= 0.3 is 0 Å². The molecule has 0 bridgehead atoms. The summed E-state index contributed by atoms with van der Waals surface area (Å²) in [5, 5.41) is 4.03. The van der Waals surface area contributed by atoms with Gasteiger partial charge in [0.15, 0.2) is 0 Å². The Hall–Kier alpha value is -1.66. The normalized spacial score (nSPS) is 10.8. The van der Waals surface area contributed by atoms with Gasteiger partial charge in [0.1, 0.15) is 0 Å². The maximum atomic E-state index is 5.78. The molecule has 106 valence electrons. The van der Waals surface area contributed by atoms with E-state index in [1.807, 2.05) is 37.3 Å². The molecule has 0 unspecified atom stereocenters. The molecule has 4 nitrogen and oxygen atoms in total. The van der Waals surface area contributed by atoms with Crippen LogP contribution >= 0.6 is 31.9 Å². The third-order valence-electron chi connectivity index (χ3n) is 3.10. The van der Waals surface area contributed by atoms with Crippen LogP contribution in [0.1, 0.15) is 5.56 Å². The molecular formula is C15H11Br2N3O. The molecule has 6 heteroatoms. The van der Waals surface area contributed by atoms with Crippen molar-refractivity contribution in [3.63, 3.8) is 0 Å². The summed E-state index contributed by atoms with van der Waals surface area (Å²) in [6, 6.07) is 11.5. The molecule has 0 aliphatic heterocycles. The second-order valence-corrected chi connectivity index (χ2v) is 6.33. The molecule has 0 aliphatic rings. The second-order valence-electron chi connectivity index (χ2n) is 4.62. The predicted octanol–water partition coefficient (Wildman–Crippen LogP) is 4.82. The molecule has 2 aromatic carbocycles. The second kappa shape index (κ2) is 5.61. The molecule has 2 N–H and O–H groups in total. The molecule has 21 heavy (non-hydrogen) atoms. The molecule has 3 aromatic rings. The van der Waals surface area contributed by atoms with Crippen molar-refractivity contribution in [2.45, 2.75) is 6.92 Å². The number of aromatic nitrogens is 2. The van der Waals surface area contributed by atoms with Crippen molar-refractivity contribution in [3.05, 3.63) is 50.9 Å². The van der Waals surface area contributed by atoms with Crippen molar-refractivity contribution in [1.29, 1.82) is 0 Å². The van der Waals surface area contributed by atoms with Crippen LogP contribution in [0.2, 0.25) is 0 Å². The van der Waals surface area contributed by atoms with Gasteiger partial charge in [0, 0.05) is 25.8 Å². The Morgan fingerprint density at radius 2 is 1.71 bits per heavy atom. The zero-order valence-electron chi connectivity index (χ0n) is 11.1. The average molecular weight is 409 g/mol. The number of hydrogen-bond donors (Lipinski definition) is 1. The highest BCUT2D eigenvalue weighted by atomic mass is 79.9. The summed E-state index contributed by atoms with van der Waals surface area (Å²) in [6.07, 6.45) is 0. The number of nitrogen functional groups attached to an aromatic ring is 1. The fraction of sp³-hybridized carbons (Fsp3) is 0.0667. The van der Waals surface area contributed by atoms with Gasteiger partial charge in [0.05, 0.1) is 0 Å². The lowest BCUT2D eigenvalue weighted by atomic mass is 10.1. The van der Waals surface area contributed by atoms with E-state index in [0.717, 1.165) is 25.6 Å². The first-order chi connectivity index (χ1) is 10.0. The van der Waals surface area contributed by atoms with E-state index in [9.17, 15) is 0 Å². The Bertz CT molecular complexity index is 748. The van der Waals surface area contributed by atoms with Crippen molar-refractivity contribution in [3.8, 4) is 22.8 Å². The fourth-order valence-electron chi connectivity index (χ4n) is 1.85. The number of nitrogens with zero attached hydrogens (tertiary/aromatic N) is 2. The van der Waals surface area contributed by atoms with Crippen LogP contribution in [0.4, 0.5) is 5.69 Å². The first-order valence-corrected chi connectivity index (χ1v) is 7.79. The highest BCUT2D eigenvalue weighted by Crippen LogP contribution is 2.29. The third-order valence-corrected chi connectivity index (χ3v) is 4.64. The number of nitrogens with two attached hydrogens (primary N) is 1. The number of hydrogen-bond acceptors (Lipinski definition) is 4. The van der Waals surface area contributed by atoms with Crippen LogP contribution in [-0.4, -0.2) is 10.1 Å².